The fourth-order valence-corrected chi connectivity index (χ4v) is 2.46. The first-order valence-electron chi connectivity index (χ1n) is 8.06. The fraction of sp³-hybridized carbons (Fsp3) is 0.316. The van der Waals surface area contributed by atoms with Gasteiger partial charge in [-0.05, 0) is 31.0 Å². The van der Waals surface area contributed by atoms with E-state index in [0.29, 0.717) is 24.3 Å². The van der Waals surface area contributed by atoms with Gasteiger partial charge in [0.1, 0.15) is 0 Å². The molecule has 1 aromatic heterocycles. The summed E-state index contributed by atoms with van der Waals surface area (Å²) in [5.74, 6) is 0.104. The van der Waals surface area contributed by atoms with Crippen LogP contribution in [0.4, 0.5) is 0 Å². The molecule has 25 heavy (non-hydrogen) atoms. The number of Topliss-reactive ketones (excluding diaryl/α,β-unsaturated/α-hetero) is 1. The van der Waals surface area contributed by atoms with Crippen molar-refractivity contribution in [3.8, 4) is 11.5 Å². The van der Waals surface area contributed by atoms with E-state index in [9.17, 15) is 9.59 Å². The van der Waals surface area contributed by atoms with Gasteiger partial charge in [-0.2, -0.15) is 0 Å². The standard InChI is InChI=1S/C19H22N2O4/c1-24-17-11-5-7-14(18(17)25-2)13-21-19(23)16(22)10-6-9-15-8-3-4-12-20-15/h3-5,7-8,11-12H,6,9-10,13H2,1-2H3,(H,21,23). The number of para-hydroxylation sites is 1. The van der Waals surface area contributed by atoms with Gasteiger partial charge in [-0.1, -0.05) is 18.2 Å². The number of ketones is 1. The largest absolute Gasteiger partial charge is 0.493 e. The molecule has 132 valence electrons. The number of hydrogen-bond acceptors (Lipinski definition) is 5. The summed E-state index contributed by atoms with van der Waals surface area (Å²) in [5, 5.41) is 2.63. The molecule has 0 aliphatic rings. The van der Waals surface area contributed by atoms with E-state index in [1.807, 2.05) is 24.3 Å². The van der Waals surface area contributed by atoms with Crippen molar-refractivity contribution < 1.29 is 19.1 Å². The van der Waals surface area contributed by atoms with Crippen LogP contribution in [-0.4, -0.2) is 30.9 Å². The number of carbonyl (C=O) groups is 2. The number of pyridine rings is 1. The Bertz CT molecular complexity index is 717. The second kappa shape index (κ2) is 9.42. The van der Waals surface area contributed by atoms with Gasteiger partial charge in [-0.3, -0.25) is 14.6 Å². The summed E-state index contributed by atoms with van der Waals surface area (Å²) in [6.45, 7) is 0.200. The maximum absolute atomic E-state index is 12.0. The minimum Gasteiger partial charge on any atom is -0.493 e. The van der Waals surface area contributed by atoms with Crippen molar-refractivity contribution in [2.45, 2.75) is 25.8 Å². The number of nitrogens with zero attached hydrogens (tertiary/aromatic N) is 1. The number of methoxy groups -OCH3 is 2. The van der Waals surface area contributed by atoms with E-state index < -0.39 is 11.7 Å². The predicted octanol–water partition coefficient (Wildman–Crippen LogP) is 2.31. The highest BCUT2D eigenvalue weighted by Gasteiger charge is 2.15. The first-order valence-corrected chi connectivity index (χ1v) is 8.06. The lowest BCUT2D eigenvalue weighted by Crippen LogP contribution is -2.30. The Balaban J connectivity index is 1.82. The molecule has 1 N–H and O–H groups in total. The van der Waals surface area contributed by atoms with Gasteiger partial charge in [0.05, 0.1) is 14.2 Å². The third kappa shape index (κ3) is 5.31. The van der Waals surface area contributed by atoms with Crippen molar-refractivity contribution in [3.63, 3.8) is 0 Å². The summed E-state index contributed by atoms with van der Waals surface area (Å²) in [5.41, 5.74) is 1.66. The average molecular weight is 342 g/mol. The van der Waals surface area contributed by atoms with Gasteiger partial charge in [0.15, 0.2) is 11.5 Å². The highest BCUT2D eigenvalue weighted by atomic mass is 16.5. The van der Waals surface area contributed by atoms with Gasteiger partial charge >= 0.3 is 0 Å². The van der Waals surface area contributed by atoms with Crippen molar-refractivity contribution in [2.75, 3.05) is 14.2 Å². The Morgan fingerprint density at radius 2 is 1.92 bits per heavy atom. The van der Waals surface area contributed by atoms with Crippen LogP contribution in [0.5, 0.6) is 11.5 Å². The van der Waals surface area contributed by atoms with Crippen molar-refractivity contribution in [1.29, 1.82) is 0 Å². The van der Waals surface area contributed by atoms with Crippen LogP contribution in [0.3, 0.4) is 0 Å². The summed E-state index contributed by atoms with van der Waals surface area (Å²) >= 11 is 0. The number of carbonyl (C=O) groups excluding carboxylic acids is 2. The number of nitrogens with one attached hydrogen (secondary N) is 1. The number of aromatic nitrogens is 1. The van der Waals surface area contributed by atoms with Crippen LogP contribution < -0.4 is 14.8 Å². The van der Waals surface area contributed by atoms with Crippen molar-refractivity contribution >= 4 is 11.7 Å². The SMILES string of the molecule is COc1cccc(CNC(=O)C(=O)CCCc2ccccn2)c1OC. The van der Waals surface area contributed by atoms with Gasteiger partial charge in [0.2, 0.25) is 5.78 Å². The summed E-state index contributed by atoms with van der Waals surface area (Å²) in [7, 11) is 3.08. The molecule has 1 aromatic carbocycles. The number of aryl methyl sites for hydroxylation is 1. The normalized spacial score (nSPS) is 10.2. The Labute approximate surface area is 147 Å². The highest BCUT2D eigenvalue weighted by Crippen LogP contribution is 2.30. The molecule has 6 nitrogen and oxygen atoms in total. The molecule has 0 fully saturated rings. The van der Waals surface area contributed by atoms with Gasteiger partial charge in [0.25, 0.3) is 5.91 Å². The maximum Gasteiger partial charge on any atom is 0.287 e. The Kier molecular flexibility index (Phi) is 6.95. The van der Waals surface area contributed by atoms with Crippen LogP contribution in [-0.2, 0) is 22.6 Å². The first kappa shape index (κ1) is 18.4. The topological polar surface area (TPSA) is 77.5 Å². The molecule has 6 heteroatoms. The Morgan fingerprint density at radius 1 is 1.08 bits per heavy atom. The third-order valence-corrected chi connectivity index (χ3v) is 3.74. The van der Waals surface area contributed by atoms with Crippen LogP contribution in [0.15, 0.2) is 42.6 Å². The summed E-state index contributed by atoms with van der Waals surface area (Å²) in [4.78, 5) is 28.1. The van der Waals surface area contributed by atoms with Gasteiger partial charge in [-0.15, -0.1) is 0 Å². The molecule has 0 saturated heterocycles. The van der Waals surface area contributed by atoms with Crippen molar-refractivity contribution in [2.24, 2.45) is 0 Å². The van der Waals surface area contributed by atoms with Gasteiger partial charge in [-0.25, -0.2) is 0 Å². The second-order valence-electron chi connectivity index (χ2n) is 5.43. The molecule has 0 unspecified atom stereocenters. The molecule has 0 radical (unpaired) electrons. The fourth-order valence-electron chi connectivity index (χ4n) is 2.46. The minimum atomic E-state index is -0.592. The predicted molar refractivity (Wildman–Crippen MR) is 93.6 cm³/mol. The number of rotatable bonds is 9. The van der Waals surface area contributed by atoms with E-state index in [0.717, 1.165) is 11.3 Å². The first-order chi connectivity index (χ1) is 12.2. The van der Waals surface area contributed by atoms with Crippen molar-refractivity contribution in [3.05, 3.63) is 53.9 Å². The van der Waals surface area contributed by atoms with E-state index in [4.69, 9.17) is 9.47 Å². The second-order valence-corrected chi connectivity index (χ2v) is 5.43. The lowest BCUT2D eigenvalue weighted by molar-refractivity contribution is -0.138. The van der Waals surface area contributed by atoms with E-state index in [-0.39, 0.29) is 13.0 Å². The highest BCUT2D eigenvalue weighted by molar-refractivity contribution is 6.36. The lowest BCUT2D eigenvalue weighted by atomic mass is 10.1. The summed E-state index contributed by atoms with van der Waals surface area (Å²) in [6, 6.07) is 11.0. The molecule has 0 spiro atoms. The summed E-state index contributed by atoms with van der Waals surface area (Å²) < 4.78 is 10.5. The Morgan fingerprint density at radius 3 is 2.60 bits per heavy atom. The van der Waals surface area contributed by atoms with Crippen LogP contribution in [0.1, 0.15) is 24.1 Å². The van der Waals surface area contributed by atoms with E-state index >= 15 is 0 Å². The molecule has 0 atom stereocenters. The number of ether oxygens (including phenoxy) is 2. The number of benzene rings is 1. The number of amides is 1. The zero-order chi connectivity index (χ0) is 18.1. The summed E-state index contributed by atoms with van der Waals surface area (Å²) in [6.07, 6.45) is 3.17. The molecule has 1 amide bonds. The molecule has 2 aromatic rings. The van der Waals surface area contributed by atoms with E-state index in [2.05, 4.69) is 10.3 Å². The monoisotopic (exact) mass is 342 g/mol. The Hall–Kier alpha value is -2.89. The van der Waals surface area contributed by atoms with E-state index in [1.54, 1.807) is 25.4 Å². The molecule has 0 aliphatic carbocycles. The number of hydrogen-bond donors (Lipinski definition) is 1. The van der Waals surface area contributed by atoms with Crippen LogP contribution in [0.25, 0.3) is 0 Å². The van der Waals surface area contributed by atoms with Crippen LogP contribution >= 0.6 is 0 Å². The van der Waals surface area contributed by atoms with Gasteiger partial charge in [0, 0.05) is 30.4 Å². The van der Waals surface area contributed by atoms with Crippen LogP contribution in [0.2, 0.25) is 0 Å². The van der Waals surface area contributed by atoms with E-state index in [1.165, 1.54) is 7.11 Å². The van der Waals surface area contributed by atoms with Gasteiger partial charge < -0.3 is 14.8 Å². The quantitative estimate of drug-likeness (QED) is 0.708. The molecule has 2 rings (SSSR count). The average Bonchev–Trinajstić information content (AvgIpc) is 2.66. The zero-order valence-electron chi connectivity index (χ0n) is 14.5. The molecular weight excluding hydrogens is 320 g/mol. The zero-order valence-corrected chi connectivity index (χ0v) is 14.5. The smallest absolute Gasteiger partial charge is 0.287 e. The van der Waals surface area contributed by atoms with Crippen LogP contribution in [0, 0.1) is 0 Å². The molecule has 0 saturated carbocycles. The third-order valence-electron chi connectivity index (χ3n) is 3.74. The minimum absolute atomic E-state index is 0.192. The lowest BCUT2D eigenvalue weighted by Gasteiger charge is -2.12. The molecule has 0 aliphatic heterocycles. The maximum atomic E-state index is 12.0. The van der Waals surface area contributed by atoms with Crippen molar-refractivity contribution in [1.82, 2.24) is 10.3 Å². The molecule has 0 bridgehead atoms. The molecular formula is C19H22N2O4. The molecule has 1 heterocycles.